The van der Waals surface area contributed by atoms with Crippen molar-refractivity contribution in [2.75, 3.05) is 6.54 Å². The molecule has 0 radical (unpaired) electrons. The van der Waals surface area contributed by atoms with Crippen LogP contribution in [0.1, 0.15) is 32.9 Å². The number of para-hydroxylation sites is 1. The molecule has 9 nitrogen and oxygen atoms in total. The summed E-state index contributed by atoms with van der Waals surface area (Å²) < 4.78 is 29.2. The molecule has 0 aliphatic carbocycles. The van der Waals surface area contributed by atoms with Crippen LogP contribution in [0, 0.1) is 24.0 Å². The molecule has 2 aromatic carbocycles. The van der Waals surface area contributed by atoms with E-state index in [4.69, 9.17) is 0 Å². The van der Waals surface area contributed by atoms with Gasteiger partial charge in [-0.2, -0.15) is 14.1 Å². The largest absolute Gasteiger partial charge is 0.285 e. The van der Waals surface area contributed by atoms with Crippen molar-refractivity contribution in [1.29, 1.82) is 0 Å². The van der Waals surface area contributed by atoms with Crippen LogP contribution in [0.25, 0.3) is 0 Å². The third-order valence-electron chi connectivity index (χ3n) is 5.44. The van der Waals surface area contributed by atoms with Crippen LogP contribution in [0.3, 0.4) is 0 Å². The molecule has 0 atom stereocenters. The standard InChI is InChI=1S/C21H20N4O5S/c1-14-20(31(29,30)23-12-11-16-7-3-4-8-17(16)13-23)15(2)24(22-14)21(26)18-9-5-6-10-19(18)25(27)28/h3-10H,11-13H2,1-2H3. The number of aryl methyl sites for hydroxylation is 1. The maximum absolute atomic E-state index is 13.4. The van der Waals surface area contributed by atoms with Crippen molar-refractivity contribution in [1.82, 2.24) is 14.1 Å². The summed E-state index contributed by atoms with van der Waals surface area (Å²) in [4.78, 5) is 23.6. The Kier molecular flexibility index (Phi) is 5.19. The van der Waals surface area contributed by atoms with Crippen molar-refractivity contribution in [3.05, 3.63) is 86.7 Å². The SMILES string of the molecule is Cc1nn(C(=O)c2ccccc2[N+](=O)[O-])c(C)c1S(=O)(=O)N1CCc2ccccc2C1. The highest BCUT2D eigenvalue weighted by atomic mass is 32.2. The first kappa shape index (κ1) is 20.9. The Bertz CT molecular complexity index is 1310. The van der Waals surface area contributed by atoms with E-state index >= 15 is 0 Å². The van der Waals surface area contributed by atoms with E-state index in [0.717, 1.165) is 15.8 Å². The van der Waals surface area contributed by atoms with Gasteiger partial charge in [0.1, 0.15) is 10.5 Å². The van der Waals surface area contributed by atoms with Gasteiger partial charge in [-0.05, 0) is 37.5 Å². The molecule has 0 bridgehead atoms. The number of nitro benzene ring substituents is 1. The van der Waals surface area contributed by atoms with Crippen LogP contribution < -0.4 is 0 Å². The minimum atomic E-state index is -3.92. The molecule has 1 aliphatic rings. The van der Waals surface area contributed by atoms with E-state index in [1.165, 1.54) is 42.4 Å². The lowest BCUT2D eigenvalue weighted by Crippen LogP contribution is -2.36. The first-order valence-corrected chi connectivity index (χ1v) is 11.1. The predicted octanol–water partition coefficient (Wildman–Crippen LogP) is 2.84. The Morgan fingerprint density at radius 2 is 1.71 bits per heavy atom. The summed E-state index contributed by atoms with van der Waals surface area (Å²) in [5.41, 5.74) is 1.83. The van der Waals surface area contributed by atoms with Gasteiger partial charge in [-0.3, -0.25) is 14.9 Å². The Morgan fingerprint density at radius 3 is 2.42 bits per heavy atom. The molecule has 10 heteroatoms. The minimum Gasteiger partial charge on any atom is -0.266 e. The van der Waals surface area contributed by atoms with E-state index < -0.39 is 20.9 Å². The molecule has 3 aromatic rings. The number of benzene rings is 2. The molecule has 4 rings (SSSR count). The fourth-order valence-electron chi connectivity index (χ4n) is 3.93. The average Bonchev–Trinajstić information content (AvgIpc) is 3.07. The topological polar surface area (TPSA) is 115 Å². The molecule has 2 heterocycles. The molecule has 0 saturated carbocycles. The number of nitro groups is 1. The van der Waals surface area contributed by atoms with Crippen LogP contribution >= 0.6 is 0 Å². The summed E-state index contributed by atoms with van der Waals surface area (Å²) in [5.74, 6) is -0.752. The molecule has 0 unspecified atom stereocenters. The third kappa shape index (κ3) is 3.53. The number of hydrogen-bond donors (Lipinski definition) is 0. The number of carbonyl (C=O) groups is 1. The molecule has 31 heavy (non-hydrogen) atoms. The highest BCUT2D eigenvalue weighted by Gasteiger charge is 2.35. The summed E-state index contributed by atoms with van der Waals surface area (Å²) >= 11 is 0. The molecule has 0 spiro atoms. The van der Waals surface area contributed by atoms with Gasteiger partial charge in [-0.15, -0.1) is 0 Å². The van der Waals surface area contributed by atoms with Crippen molar-refractivity contribution < 1.29 is 18.1 Å². The Hall–Kier alpha value is -3.37. The zero-order valence-electron chi connectivity index (χ0n) is 17.0. The summed E-state index contributed by atoms with van der Waals surface area (Å²) in [6.07, 6.45) is 0.594. The average molecular weight is 440 g/mol. The normalized spacial score (nSPS) is 14.3. The van der Waals surface area contributed by atoms with Crippen LogP contribution in [0.15, 0.2) is 53.4 Å². The number of carbonyl (C=O) groups excluding carboxylic acids is 1. The smallest absolute Gasteiger partial charge is 0.266 e. The second kappa shape index (κ2) is 7.71. The molecule has 0 N–H and O–H groups in total. The van der Waals surface area contributed by atoms with E-state index in [1.807, 2.05) is 24.3 Å². The zero-order valence-corrected chi connectivity index (χ0v) is 17.8. The molecule has 0 fully saturated rings. The van der Waals surface area contributed by atoms with Gasteiger partial charge < -0.3 is 0 Å². The number of rotatable bonds is 4. The van der Waals surface area contributed by atoms with Gasteiger partial charge in [0.25, 0.3) is 11.6 Å². The maximum Gasteiger partial charge on any atom is 0.285 e. The highest BCUT2D eigenvalue weighted by molar-refractivity contribution is 7.89. The monoisotopic (exact) mass is 440 g/mol. The van der Waals surface area contributed by atoms with Crippen LogP contribution in [0.4, 0.5) is 5.69 Å². The predicted molar refractivity (Wildman–Crippen MR) is 112 cm³/mol. The molecule has 0 saturated heterocycles. The quantitative estimate of drug-likeness (QED) is 0.455. The highest BCUT2D eigenvalue weighted by Crippen LogP contribution is 2.29. The lowest BCUT2D eigenvalue weighted by atomic mass is 10.0. The second-order valence-corrected chi connectivity index (χ2v) is 9.22. The second-order valence-electron chi connectivity index (χ2n) is 7.35. The summed E-state index contributed by atoms with van der Waals surface area (Å²) in [6.45, 7) is 3.56. The lowest BCUT2D eigenvalue weighted by molar-refractivity contribution is -0.385. The van der Waals surface area contributed by atoms with Gasteiger partial charge in [0.05, 0.1) is 16.3 Å². The van der Waals surface area contributed by atoms with Crippen molar-refractivity contribution in [2.45, 2.75) is 31.7 Å². The molecular weight excluding hydrogens is 420 g/mol. The van der Waals surface area contributed by atoms with Gasteiger partial charge >= 0.3 is 0 Å². The Labute approximate surface area is 179 Å². The van der Waals surface area contributed by atoms with Crippen LogP contribution in [-0.4, -0.2) is 39.9 Å². The van der Waals surface area contributed by atoms with Gasteiger partial charge in [0.15, 0.2) is 0 Å². The number of fused-ring (bicyclic) bond motifs is 1. The van der Waals surface area contributed by atoms with E-state index in [1.54, 1.807) is 0 Å². The van der Waals surface area contributed by atoms with Gasteiger partial charge in [-0.25, -0.2) is 8.42 Å². The van der Waals surface area contributed by atoms with Crippen molar-refractivity contribution in [2.24, 2.45) is 0 Å². The number of sulfonamides is 1. The molecule has 0 amide bonds. The van der Waals surface area contributed by atoms with Crippen LogP contribution in [0.2, 0.25) is 0 Å². The number of aromatic nitrogens is 2. The lowest BCUT2D eigenvalue weighted by Gasteiger charge is -2.28. The maximum atomic E-state index is 13.4. The summed E-state index contributed by atoms with van der Waals surface area (Å²) in [5, 5.41) is 15.4. The van der Waals surface area contributed by atoms with Crippen LogP contribution in [0.5, 0.6) is 0 Å². The van der Waals surface area contributed by atoms with Gasteiger partial charge in [0, 0.05) is 19.2 Å². The zero-order chi connectivity index (χ0) is 22.3. The third-order valence-corrected chi connectivity index (χ3v) is 7.54. The van der Waals surface area contributed by atoms with E-state index in [0.29, 0.717) is 13.0 Å². The summed E-state index contributed by atoms with van der Waals surface area (Å²) in [7, 11) is -3.92. The van der Waals surface area contributed by atoms with Crippen LogP contribution in [-0.2, 0) is 23.0 Å². The number of hydrogen-bond acceptors (Lipinski definition) is 6. The first-order valence-electron chi connectivity index (χ1n) is 9.63. The molecule has 1 aromatic heterocycles. The first-order chi connectivity index (χ1) is 14.7. The fraction of sp³-hybridized carbons (Fsp3) is 0.238. The van der Waals surface area contributed by atoms with E-state index in [9.17, 15) is 23.3 Å². The summed E-state index contributed by atoms with van der Waals surface area (Å²) in [6, 6.07) is 13.2. The minimum absolute atomic E-state index is 0.0428. The van der Waals surface area contributed by atoms with Gasteiger partial charge in [-0.1, -0.05) is 36.4 Å². The van der Waals surface area contributed by atoms with E-state index in [2.05, 4.69) is 5.10 Å². The fourth-order valence-corrected chi connectivity index (χ4v) is 5.70. The Balaban J connectivity index is 1.74. The molecule has 160 valence electrons. The van der Waals surface area contributed by atoms with Crippen molar-refractivity contribution in [3.8, 4) is 0 Å². The number of nitrogens with zero attached hydrogens (tertiary/aromatic N) is 4. The molecular formula is C21H20N4O5S. The van der Waals surface area contributed by atoms with Gasteiger partial charge in [0.2, 0.25) is 10.0 Å². The Morgan fingerprint density at radius 1 is 1.06 bits per heavy atom. The van der Waals surface area contributed by atoms with Crippen molar-refractivity contribution >= 4 is 21.6 Å². The van der Waals surface area contributed by atoms with Crippen molar-refractivity contribution in [3.63, 3.8) is 0 Å². The van der Waals surface area contributed by atoms with E-state index in [-0.39, 0.29) is 34.1 Å². The molecule has 1 aliphatic heterocycles.